The van der Waals surface area contributed by atoms with Crippen molar-refractivity contribution in [2.45, 2.75) is 77.3 Å². The lowest BCUT2D eigenvalue weighted by molar-refractivity contribution is -0.147. The van der Waals surface area contributed by atoms with Gasteiger partial charge in [0.2, 0.25) is 0 Å². The minimum Gasteiger partial charge on any atom is -0.480 e. The van der Waals surface area contributed by atoms with E-state index in [2.05, 4.69) is 11.5 Å². The van der Waals surface area contributed by atoms with Crippen LogP contribution in [-0.4, -0.2) is 38.5 Å². The number of carboxylic acid groups (broad SMARTS) is 1. The van der Waals surface area contributed by atoms with Gasteiger partial charge in [-0.25, -0.2) is 4.79 Å². The van der Waals surface area contributed by atoms with Crippen LogP contribution < -0.4 is 0 Å². The van der Waals surface area contributed by atoms with Crippen LogP contribution in [0, 0.1) is 13.8 Å². The van der Waals surface area contributed by atoms with Crippen molar-refractivity contribution in [3.05, 3.63) is 23.0 Å². The number of hydrogen-bond donors (Lipinski definition) is 1. The van der Waals surface area contributed by atoms with Gasteiger partial charge in [-0.3, -0.25) is 4.79 Å². The number of carbonyl (C=O) groups is 2. The summed E-state index contributed by atoms with van der Waals surface area (Å²) in [6.07, 6.45) is 7.39. The Morgan fingerprint density at radius 3 is 2.46 bits per heavy atom. The predicted octanol–water partition coefficient (Wildman–Crippen LogP) is 3.69. The fourth-order valence-electron chi connectivity index (χ4n) is 4.55. The van der Waals surface area contributed by atoms with Crippen LogP contribution in [-0.2, 0) is 4.79 Å². The molecule has 2 aliphatic rings. The monoisotopic (exact) mass is 332 g/mol. The molecule has 1 aliphatic heterocycles. The third kappa shape index (κ3) is 2.64. The van der Waals surface area contributed by atoms with Crippen LogP contribution in [0.5, 0.6) is 0 Å². The average molecular weight is 332 g/mol. The van der Waals surface area contributed by atoms with E-state index in [1.165, 1.54) is 32.1 Å². The van der Waals surface area contributed by atoms with E-state index >= 15 is 0 Å². The zero-order chi connectivity index (χ0) is 17.5. The Labute approximate surface area is 143 Å². The van der Waals surface area contributed by atoms with Crippen LogP contribution in [0.25, 0.3) is 0 Å². The zero-order valence-corrected chi connectivity index (χ0v) is 15.0. The second-order valence-corrected chi connectivity index (χ2v) is 7.59. The van der Waals surface area contributed by atoms with Gasteiger partial charge in [0.25, 0.3) is 5.91 Å². The van der Waals surface area contributed by atoms with Crippen molar-refractivity contribution in [3.8, 4) is 0 Å². The Bertz CT molecular complexity index is 658. The lowest BCUT2D eigenvalue weighted by atomic mass is 9.95. The summed E-state index contributed by atoms with van der Waals surface area (Å²) >= 11 is 0. The second kappa shape index (κ2) is 6.26. The van der Waals surface area contributed by atoms with Gasteiger partial charge in [0.1, 0.15) is 5.54 Å². The minimum atomic E-state index is -1.08. The van der Waals surface area contributed by atoms with Gasteiger partial charge in [0.05, 0.1) is 5.56 Å². The molecule has 1 unspecified atom stereocenters. The number of hydrogen-bond acceptors (Lipinski definition) is 2. The van der Waals surface area contributed by atoms with E-state index in [4.69, 9.17) is 0 Å². The van der Waals surface area contributed by atoms with Gasteiger partial charge in [0, 0.05) is 24.0 Å². The van der Waals surface area contributed by atoms with Crippen molar-refractivity contribution < 1.29 is 14.7 Å². The molecule has 0 bridgehead atoms. The van der Waals surface area contributed by atoms with Crippen molar-refractivity contribution in [1.82, 2.24) is 9.47 Å². The molecule has 1 aromatic rings. The van der Waals surface area contributed by atoms with Gasteiger partial charge in [0.15, 0.2) is 0 Å². The molecule has 132 valence electrons. The summed E-state index contributed by atoms with van der Waals surface area (Å²) in [5, 5.41) is 9.57. The number of rotatable bonds is 3. The third-order valence-electron chi connectivity index (χ3n) is 6.00. The van der Waals surface area contributed by atoms with Crippen molar-refractivity contribution in [1.29, 1.82) is 0 Å². The van der Waals surface area contributed by atoms with Crippen LogP contribution in [0.4, 0.5) is 0 Å². The van der Waals surface area contributed by atoms with E-state index < -0.39 is 11.5 Å². The van der Waals surface area contributed by atoms with Gasteiger partial charge >= 0.3 is 5.97 Å². The minimum absolute atomic E-state index is 0.132. The van der Waals surface area contributed by atoms with Crippen LogP contribution in [0.15, 0.2) is 6.07 Å². The first-order chi connectivity index (χ1) is 11.4. The SMILES string of the molecule is Cc1cc(C(=O)N2CCCC2(C)C(=O)O)c(C)n1C1CCCCC1. The maximum Gasteiger partial charge on any atom is 0.329 e. The van der Waals surface area contributed by atoms with Gasteiger partial charge in [-0.1, -0.05) is 19.3 Å². The van der Waals surface area contributed by atoms with E-state index in [1.54, 1.807) is 11.8 Å². The summed E-state index contributed by atoms with van der Waals surface area (Å²) in [4.78, 5) is 26.3. The quantitative estimate of drug-likeness (QED) is 0.918. The molecule has 24 heavy (non-hydrogen) atoms. The first-order valence-electron chi connectivity index (χ1n) is 9.10. The molecule has 1 atom stereocenters. The van der Waals surface area contributed by atoms with E-state index in [1.807, 2.05) is 13.0 Å². The topological polar surface area (TPSA) is 62.5 Å². The standard InChI is InChI=1S/C19H28N2O3/c1-13-12-16(14(2)21(13)15-8-5-4-6-9-15)17(22)20-11-7-10-19(20,3)18(23)24/h12,15H,4-11H2,1-3H3,(H,23,24). The molecule has 2 fully saturated rings. The van der Waals surface area contributed by atoms with Gasteiger partial charge in [-0.2, -0.15) is 0 Å². The molecule has 2 heterocycles. The van der Waals surface area contributed by atoms with Crippen LogP contribution in [0.3, 0.4) is 0 Å². The van der Waals surface area contributed by atoms with E-state index in [0.29, 0.717) is 24.6 Å². The highest BCUT2D eigenvalue weighted by molar-refractivity contribution is 5.99. The fourth-order valence-corrected chi connectivity index (χ4v) is 4.55. The Morgan fingerprint density at radius 2 is 1.83 bits per heavy atom. The van der Waals surface area contributed by atoms with Crippen molar-refractivity contribution >= 4 is 11.9 Å². The lowest BCUT2D eigenvalue weighted by Crippen LogP contribution is -2.50. The smallest absolute Gasteiger partial charge is 0.329 e. The molecule has 1 amide bonds. The molecule has 1 saturated carbocycles. The molecule has 0 aromatic carbocycles. The van der Waals surface area contributed by atoms with E-state index in [0.717, 1.165) is 17.8 Å². The average Bonchev–Trinajstić information content (AvgIpc) is 3.09. The maximum atomic E-state index is 13.1. The lowest BCUT2D eigenvalue weighted by Gasteiger charge is -2.31. The normalized spacial score (nSPS) is 25.2. The van der Waals surface area contributed by atoms with Gasteiger partial charge in [-0.05, 0) is 52.5 Å². The zero-order valence-electron chi connectivity index (χ0n) is 15.0. The number of carboxylic acids is 1. The maximum absolute atomic E-state index is 13.1. The number of aryl methyl sites for hydroxylation is 1. The van der Waals surface area contributed by atoms with Crippen LogP contribution in [0.1, 0.15) is 79.7 Å². The van der Waals surface area contributed by atoms with Gasteiger partial charge < -0.3 is 14.6 Å². The molecule has 5 heteroatoms. The molecule has 1 saturated heterocycles. The Morgan fingerprint density at radius 1 is 1.17 bits per heavy atom. The summed E-state index contributed by atoms with van der Waals surface area (Å²) in [6.45, 7) is 6.25. The third-order valence-corrected chi connectivity index (χ3v) is 6.00. The molecule has 0 radical (unpaired) electrons. The molecule has 3 rings (SSSR count). The van der Waals surface area contributed by atoms with E-state index in [9.17, 15) is 14.7 Å². The first-order valence-corrected chi connectivity index (χ1v) is 9.10. The Balaban J connectivity index is 1.92. The highest BCUT2D eigenvalue weighted by atomic mass is 16.4. The second-order valence-electron chi connectivity index (χ2n) is 7.59. The summed E-state index contributed by atoms with van der Waals surface area (Å²) in [6, 6.07) is 2.43. The van der Waals surface area contributed by atoms with Crippen molar-refractivity contribution in [3.63, 3.8) is 0 Å². The summed E-state index contributed by atoms with van der Waals surface area (Å²) in [7, 11) is 0. The van der Waals surface area contributed by atoms with E-state index in [-0.39, 0.29) is 5.91 Å². The molecule has 1 aromatic heterocycles. The molecule has 5 nitrogen and oxygen atoms in total. The summed E-state index contributed by atoms with van der Waals surface area (Å²) < 4.78 is 2.31. The highest BCUT2D eigenvalue weighted by Crippen LogP contribution is 2.35. The molecule has 1 N–H and O–H groups in total. The Hall–Kier alpha value is -1.78. The number of carbonyl (C=O) groups excluding carboxylic acids is 1. The summed E-state index contributed by atoms with van der Waals surface area (Å²) in [5.41, 5.74) is 1.69. The first kappa shape index (κ1) is 17.1. The van der Waals surface area contributed by atoms with Crippen molar-refractivity contribution in [2.75, 3.05) is 6.54 Å². The molecular weight excluding hydrogens is 304 g/mol. The number of likely N-dealkylation sites (tertiary alicyclic amines) is 1. The number of nitrogens with zero attached hydrogens (tertiary/aromatic N) is 2. The molecule has 1 aliphatic carbocycles. The van der Waals surface area contributed by atoms with Crippen LogP contribution in [0.2, 0.25) is 0 Å². The van der Waals surface area contributed by atoms with Gasteiger partial charge in [-0.15, -0.1) is 0 Å². The highest BCUT2D eigenvalue weighted by Gasteiger charge is 2.46. The largest absolute Gasteiger partial charge is 0.480 e. The fraction of sp³-hybridized carbons (Fsp3) is 0.684. The molecule has 0 spiro atoms. The van der Waals surface area contributed by atoms with Crippen molar-refractivity contribution in [2.24, 2.45) is 0 Å². The number of aromatic nitrogens is 1. The number of amides is 1. The predicted molar refractivity (Wildman–Crippen MR) is 92.3 cm³/mol. The number of aliphatic carboxylic acids is 1. The Kier molecular flexibility index (Phi) is 4.45. The molecular formula is C19H28N2O3. The van der Waals surface area contributed by atoms with Crippen LogP contribution >= 0.6 is 0 Å². The summed E-state index contributed by atoms with van der Waals surface area (Å²) in [5.74, 6) is -1.04.